The van der Waals surface area contributed by atoms with E-state index in [0.717, 1.165) is 23.4 Å². The van der Waals surface area contributed by atoms with Gasteiger partial charge in [-0.05, 0) is 31.9 Å². The van der Waals surface area contributed by atoms with Crippen molar-refractivity contribution in [3.05, 3.63) is 35.1 Å². The first-order valence-corrected chi connectivity index (χ1v) is 11.5. The number of hydrogen-bond donors (Lipinski definition) is 0. The molecule has 2 fully saturated rings. The van der Waals surface area contributed by atoms with E-state index < -0.39 is 0 Å². The van der Waals surface area contributed by atoms with Crippen molar-refractivity contribution in [2.75, 3.05) is 39.3 Å². The Bertz CT molecular complexity index is 969. The highest BCUT2D eigenvalue weighted by Gasteiger charge is 2.34. The van der Waals surface area contributed by atoms with Gasteiger partial charge in [0.25, 0.3) is 5.91 Å². The fourth-order valence-corrected chi connectivity index (χ4v) is 5.24. The third-order valence-corrected chi connectivity index (χ3v) is 7.19. The van der Waals surface area contributed by atoms with Gasteiger partial charge in [-0.1, -0.05) is 0 Å². The van der Waals surface area contributed by atoms with Crippen molar-refractivity contribution in [3.8, 4) is 10.6 Å². The molecule has 8 nitrogen and oxygen atoms in total. The Morgan fingerprint density at radius 1 is 1.06 bits per heavy atom. The summed E-state index contributed by atoms with van der Waals surface area (Å²) in [5.41, 5.74) is 1.61. The van der Waals surface area contributed by atoms with E-state index in [1.165, 1.54) is 11.3 Å². The average Bonchev–Trinajstić information content (AvgIpc) is 3.20. The number of rotatable bonds is 3. The van der Waals surface area contributed by atoms with Crippen LogP contribution in [0.15, 0.2) is 24.5 Å². The van der Waals surface area contributed by atoms with Gasteiger partial charge in [-0.2, -0.15) is 0 Å². The monoisotopic (exact) mass is 441 g/mol. The summed E-state index contributed by atoms with van der Waals surface area (Å²) in [7, 11) is 0. The summed E-state index contributed by atoms with van der Waals surface area (Å²) in [6.07, 6.45) is 5.05. The van der Waals surface area contributed by atoms with E-state index in [0.29, 0.717) is 49.8 Å². The number of thiazole rings is 1. The number of amides is 3. The van der Waals surface area contributed by atoms with Crippen LogP contribution >= 0.6 is 11.3 Å². The van der Waals surface area contributed by atoms with Crippen LogP contribution in [-0.2, 0) is 9.59 Å². The molecule has 4 rings (SSSR count). The highest BCUT2D eigenvalue weighted by atomic mass is 32.1. The Morgan fingerprint density at radius 3 is 2.48 bits per heavy atom. The first-order valence-electron chi connectivity index (χ1n) is 10.7. The predicted octanol–water partition coefficient (Wildman–Crippen LogP) is 2.06. The molecule has 0 spiro atoms. The molecule has 0 aromatic carbocycles. The molecule has 2 aliphatic heterocycles. The molecule has 31 heavy (non-hydrogen) atoms. The lowest BCUT2D eigenvalue weighted by molar-refractivity contribution is -0.142. The highest BCUT2D eigenvalue weighted by Crippen LogP contribution is 2.30. The number of pyridine rings is 1. The summed E-state index contributed by atoms with van der Waals surface area (Å²) in [4.78, 5) is 52.6. The summed E-state index contributed by atoms with van der Waals surface area (Å²) < 4.78 is 0. The fraction of sp³-hybridized carbons (Fsp3) is 0.500. The smallest absolute Gasteiger partial charge is 0.265 e. The Kier molecular flexibility index (Phi) is 6.31. The van der Waals surface area contributed by atoms with Gasteiger partial charge < -0.3 is 14.7 Å². The molecule has 2 aromatic heterocycles. The maximum Gasteiger partial charge on any atom is 0.265 e. The van der Waals surface area contributed by atoms with Crippen molar-refractivity contribution in [2.45, 2.75) is 26.7 Å². The predicted molar refractivity (Wildman–Crippen MR) is 118 cm³/mol. The van der Waals surface area contributed by atoms with Crippen molar-refractivity contribution in [2.24, 2.45) is 5.92 Å². The Labute approximate surface area is 185 Å². The molecule has 2 aromatic rings. The van der Waals surface area contributed by atoms with Gasteiger partial charge in [0.15, 0.2) is 0 Å². The molecule has 0 radical (unpaired) electrons. The van der Waals surface area contributed by atoms with E-state index in [-0.39, 0.29) is 23.6 Å². The molecule has 164 valence electrons. The molecular formula is C22H27N5O3S. The van der Waals surface area contributed by atoms with Gasteiger partial charge in [-0.3, -0.25) is 19.4 Å². The van der Waals surface area contributed by atoms with Crippen LogP contribution in [-0.4, -0.2) is 81.7 Å². The summed E-state index contributed by atoms with van der Waals surface area (Å²) in [6.45, 7) is 6.77. The van der Waals surface area contributed by atoms with Gasteiger partial charge in [-0.25, -0.2) is 4.98 Å². The molecule has 4 heterocycles. The number of piperazine rings is 1. The number of carbonyl (C=O) groups is 3. The number of likely N-dealkylation sites (tertiary alicyclic amines) is 1. The normalized spacial score (nSPS) is 19.4. The van der Waals surface area contributed by atoms with Gasteiger partial charge in [0.1, 0.15) is 9.88 Å². The molecule has 3 amide bonds. The third-order valence-electron chi connectivity index (χ3n) is 5.99. The van der Waals surface area contributed by atoms with E-state index >= 15 is 0 Å². The number of aryl methyl sites for hydroxylation is 1. The maximum atomic E-state index is 13.2. The van der Waals surface area contributed by atoms with E-state index in [1.807, 2.05) is 24.0 Å². The molecule has 1 unspecified atom stereocenters. The van der Waals surface area contributed by atoms with Crippen molar-refractivity contribution in [1.29, 1.82) is 0 Å². The van der Waals surface area contributed by atoms with Gasteiger partial charge >= 0.3 is 0 Å². The second kappa shape index (κ2) is 9.13. The lowest BCUT2D eigenvalue weighted by Gasteiger charge is -2.38. The zero-order valence-electron chi connectivity index (χ0n) is 17.9. The second-order valence-electron chi connectivity index (χ2n) is 8.10. The van der Waals surface area contributed by atoms with Gasteiger partial charge in [0.2, 0.25) is 11.8 Å². The summed E-state index contributed by atoms with van der Waals surface area (Å²) >= 11 is 1.38. The zero-order chi connectivity index (χ0) is 22.0. The topological polar surface area (TPSA) is 86.7 Å². The second-order valence-corrected chi connectivity index (χ2v) is 9.10. The standard InChI is InChI=1S/C22H27N5O3S/c1-15-19(31-20(24-15)17-5-3-7-23-13-17)22(30)27-8-4-6-18(14-27)21(29)26-11-9-25(10-12-26)16(2)28/h3,5,7,13,18H,4,6,8-12,14H2,1-2H3. The molecule has 9 heteroatoms. The maximum absolute atomic E-state index is 13.2. The van der Waals surface area contributed by atoms with Crippen LogP contribution in [0.5, 0.6) is 0 Å². The Hall–Kier alpha value is -2.81. The molecule has 0 saturated carbocycles. The molecule has 1 atom stereocenters. The fourth-order valence-electron chi connectivity index (χ4n) is 4.21. The molecular weight excluding hydrogens is 414 g/mol. The number of nitrogens with zero attached hydrogens (tertiary/aromatic N) is 5. The van der Waals surface area contributed by atoms with Gasteiger partial charge in [-0.15, -0.1) is 11.3 Å². The summed E-state index contributed by atoms with van der Waals surface area (Å²) in [5, 5.41) is 0.780. The highest BCUT2D eigenvalue weighted by molar-refractivity contribution is 7.17. The van der Waals surface area contributed by atoms with Crippen molar-refractivity contribution < 1.29 is 14.4 Å². The van der Waals surface area contributed by atoms with Crippen LogP contribution in [0, 0.1) is 12.8 Å². The Balaban J connectivity index is 1.42. The van der Waals surface area contributed by atoms with E-state index in [9.17, 15) is 14.4 Å². The van der Waals surface area contributed by atoms with Crippen LogP contribution in [0.4, 0.5) is 0 Å². The minimum absolute atomic E-state index is 0.0483. The van der Waals surface area contributed by atoms with E-state index in [4.69, 9.17) is 0 Å². The summed E-state index contributed by atoms with van der Waals surface area (Å²) in [5.74, 6) is -0.0958. The average molecular weight is 442 g/mol. The largest absolute Gasteiger partial charge is 0.339 e. The summed E-state index contributed by atoms with van der Waals surface area (Å²) in [6, 6.07) is 3.78. The molecule has 0 bridgehead atoms. The van der Waals surface area contributed by atoms with Crippen LogP contribution in [0.1, 0.15) is 35.1 Å². The number of piperidine rings is 1. The van der Waals surface area contributed by atoms with Crippen LogP contribution in [0.25, 0.3) is 10.6 Å². The number of hydrogen-bond acceptors (Lipinski definition) is 6. The van der Waals surface area contributed by atoms with E-state index in [1.54, 1.807) is 29.1 Å². The number of carbonyl (C=O) groups excluding carboxylic acids is 3. The minimum Gasteiger partial charge on any atom is -0.339 e. The van der Waals surface area contributed by atoms with Gasteiger partial charge in [0, 0.05) is 64.1 Å². The lowest BCUT2D eigenvalue weighted by atomic mass is 9.96. The van der Waals surface area contributed by atoms with Crippen molar-refractivity contribution >= 4 is 29.1 Å². The van der Waals surface area contributed by atoms with Crippen LogP contribution in [0.2, 0.25) is 0 Å². The lowest BCUT2D eigenvalue weighted by Crippen LogP contribution is -2.53. The zero-order valence-corrected chi connectivity index (χ0v) is 18.7. The third kappa shape index (κ3) is 4.61. The van der Waals surface area contributed by atoms with Crippen LogP contribution < -0.4 is 0 Å². The van der Waals surface area contributed by atoms with E-state index in [2.05, 4.69) is 9.97 Å². The van der Waals surface area contributed by atoms with Gasteiger partial charge in [0.05, 0.1) is 11.6 Å². The SMILES string of the molecule is CC(=O)N1CCN(C(=O)C2CCCN(C(=O)c3sc(-c4cccnc4)nc3C)C2)CC1. The Morgan fingerprint density at radius 2 is 1.81 bits per heavy atom. The molecule has 2 saturated heterocycles. The first-order chi connectivity index (χ1) is 14.9. The minimum atomic E-state index is -0.187. The quantitative estimate of drug-likeness (QED) is 0.728. The molecule has 2 aliphatic rings. The van der Waals surface area contributed by atoms with Crippen LogP contribution in [0.3, 0.4) is 0 Å². The number of aromatic nitrogens is 2. The van der Waals surface area contributed by atoms with Crippen molar-refractivity contribution in [1.82, 2.24) is 24.7 Å². The molecule has 0 N–H and O–H groups in total. The first kappa shape index (κ1) is 21.4. The molecule has 0 aliphatic carbocycles. The van der Waals surface area contributed by atoms with Crippen molar-refractivity contribution in [3.63, 3.8) is 0 Å².